The number of aromatic nitrogens is 1. The predicted octanol–water partition coefficient (Wildman–Crippen LogP) is 4.85. The van der Waals surface area contributed by atoms with Crippen LogP contribution in [0.15, 0.2) is 41.1 Å². The number of furan rings is 1. The molecule has 2 N–H and O–H groups in total. The van der Waals surface area contributed by atoms with Crippen molar-refractivity contribution in [3.8, 4) is 0 Å². The number of nitrogens with zero attached hydrogens (tertiary/aromatic N) is 1. The number of fused-ring (bicyclic) bond motifs is 1. The number of rotatable bonds is 6. The molecule has 0 radical (unpaired) electrons. The summed E-state index contributed by atoms with van der Waals surface area (Å²) in [4.78, 5) is 16.7. The molecule has 1 aromatic carbocycles. The standard InChI is InChI=1S/C19H17FIN3O2/c20-14-9-12(21)3-4-15(14)24-17-13-10-22-7-6-16(13)26-18(17)19(25)23-8-5-11-1-2-11/h3-4,6-7,9-11,24H,1-2,5,8H2,(H,23,25). The van der Waals surface area contributed by atoms with E-state index in [4.69, 9.17) is 4.42 Å². The monoisotopic (exact) mass is 465 g/mol. The summed E-state index contributed by atoms with van der Waals surface area (Å²) in [7, 11) is 0. The van der Waals surface area contributed by atoms with Gasteiger partial charge in [-0.25, -0.2) is 4.39 Å². The SMILES string of the molecule is O=C(NCCC1CC1)c1oc2ccncc2c1Nc1ccc(I)cc1F. The molecule has 0 atom stereocenters. The number of halogens is 2. The van der Waals surface area contributed by atoms with Crippen LogP contribution >= 0.6 is 22.6 Å². The van der Waals surface area contributed by atoms with Crippen molar-refractivity contribution < 1.29 is 13.6 Å². The summed E-state index contributed by atoms with van der Waals surface area (Å²) in [6.07, 6.45) is 6.65. The van der Waals surface area contributed by atoms with Crippen molar-refractivity contribution >= 4 is 50.8 Å². The quantitative estimate of drug-likeness (QED) is 0.512. The van der Waals surface area contributed by atoms with Crippen LogP contribution < -0.4 is 10.6 Å². The van der Waals surface area contributed by atoms with Crippen molar-refractivity contribution in [2.24, 2.45) is 5.92 Å². The van der Waals surface area contributed by atoms with Gasteiger partial charge in [-0.3, -0.25) is 9.78 Å². The minimum atomic E-state index is -0.393. The zero-order valence-electron chi connectivity index (χ0n) is 13.9. The van der Waals surface area contributed by atoms with Crippen molar-refractivity contribution in [3.05, 3.63) is 51.8 Å². The first kappa shape index (κ1) is 17.3. The highest BCUT2D eigenvalue weighted by Gasteiger charge is 2.24. The molecule has 5 nitrogen and oxygen atoms in total. The van der Waals surface area contributed by atoms with E-state index in [0.29, 0.717) is 23.2 Å². The highest BCUT2D eigenvalue weighted by Crippen LogP contribution is 2.34. The minimum Gasteiger partial charge on any atom is -0.448 e. The Morgan fingerprint density at radius 3 is 2.96 bits per heavy atom. The van der Waals surface area contributed by atoms with E-state index in [1.165, 1.54) is 18.9 Å². The van der Waals surface area contributed by atoms with E-state index in [-0.39, 0.29) is 17.4 Å². The molecule has 2 aromatic heterocycles. The molecule has 26 heavy (non-hydrogen) atoms. The van der Waals surface area contributed by atoms with Gasteiger partial charge >= 0.3 is 0 Å². The Kier molecular flexibility index (Phi) is 4.80. The molecule has 4 rings (SSSR count). The first-order valence-corrected chi connectivity index (χ1v) is 9.56. The van der Waals surface area contributed by atoms with E-state index in [9.17, 15) is 9.18 Å². The van der Waals surface area contributed by atoms with Crippen LogP contribution in [-0.4, -0.2) is 17.4 Å². The van der Waals surface area contributed by atoms with E-state index in [2.05, 4.69) is 15.6 Å². The van der Waals surface area contributed by atoms with Crippen LogP contribution in [0.4, 0.5) is 15.8 Å². The molecular formula is C19H17FIN3O2. The van der Waals surface area contributed by atoms with Gasteiger partial charge in [-0.05, 0) is 59.2 Å². The molecule has 1 amide bonds. The normalized spacial score (nSPS) is 13.8. The summed E-state index contributed by atoms with van der Waals surface area (Å²) < 4.78 is 20.8. The number of carbonyl (C=O) groups excluding carboxylic acids is 1. The minimum absolute atomic E-state index is 0.141. The van der Waals surface area contributed by atoms with Gasteiger partial charge in [-0.1, -0.05) is 12.8 Å². The maximum Gasteiger partial charge on any atom is 0.289 e. The number of hydrogen-bond acceptors (Lipinski definition) is 4. The van der Waals surface area contributed by atoms with Gasteiger partial charge in [0.25, 0.3) is 5.91 Å². The highest BCUT2D eigenvalue weighted by molar-refractivity contribution is 14.1. The van der Waals surface area contributed by atoms with Gasteiger partial charge in [-0.15, -0.1) is 0 Å². The number of carbonyl (C=O) groups is 1. The molecular weight excluding hydrogens is 448 g/mol. The Balaban J connectivity index is 1.65. The van der Waals surface area contributed by atoms with Gasteiger partial charge in [-0.2, -0.15) is 0 Å². The van der Waals surface area contributed by atoms with E-state index < -0.39 is 5.82 Å². The Labute approximate surface area is 163 Å². The average Bonchev–Trinajstić information content (AvgIpc) is 3.37. The molecule has 0 saturated heterocycles. The Morgan fingerprint density at radius 2 is 2.19 bits per heavy atom. The number of benzene rings is 1. The first-order chi connectivity index (χ1) is 12.6. The van der Waals surface area contributed by atoms with Gasteiger partial charge in [0.05, 0.1) is 11.1 Å². The van der Waals surface area contributed by atoms with E-state index in [0.717, 1.165) is 15.9 Å². The molecule has 1 aliphatic rings. The van der Waals surface area contributed by atoms with E-state index in [1.807, 2.05) is 22.6 Å². The second-order valence-corrected chi connectivity index (χ2v) is 7.66. The van der Waals surface area contributed by atoms with Crippen LogP contribution in [0.25, 0.3) is 11.0 Å². The molecule has 7 heteroatoms. The fourth-order valence-corrected chi connectivity index (χ4v) is 3.28. The molecule has 2 heterocycles. The summed E-state index contributed by atoms with van der Waals surface area (Å²) >= 11 is 2.05. The molecule has 0 aliphatic heterocycles. The lowest BCUT2D eigenvalue weighted by atomic mass is 10.2. The lowest BCUT2D eigenvalue weighted by Crippen LogP contribution is -2.25. The lowest BCUT2D eigenvalue weighted by molar-refractivity contribution is 0.0928. The van der Waals surface area contributed by atoms with Gasteiger partial charge in [0.2, 0.25) is 5.76 Å². The van der Waals surface area contributed by atoms with Crippen LogP contribution in [0, 0.1) is 15.3 Å². The smallest absolute Gasteiger partial charge is 0.289 e. The number of hydrogen-bond donors (Lipinski definition) is 2. The number of anilines is 2. The van der Waals surface area contributed by atoms with Gasteiger partial charge in [0, 0.05) is 22.5 Å². The second kappa shape index (κ2) is 7.22. The topological polar surface area (TPSA) is 67.2 Å². The summed E-state index contributed by atoms with van der Waals surface area (Å²) in [5, 5.41) is 6.54. The van der Waals surface area contributed by atoms with E-state index >= 15 is 0 Å². The van der Waals surface area contributed by atoms with Crippen molar-refractivity contribution in [3.63, 3.8) is 0 Å². The summed E-state index contributed by atoms with van der Waals surface area (Å²) in [6.45, 7) is 0.607. The fourth-order valence-electron chi connectivity index (χ4n) is 2.83. The van der Waals surface area contributed by atoms with Gasteiger partial charge in [0.1, 0.15) is 17.1 Å². The average molecular weight is 465 g/mol. The molecule has 0 spiro atoms. The third-order valence-electron chi connectivity index (χ3n) is 4.42. The first-order valence-electron chi connectivity index (χ1n) is 8.48. The zero-order chi connectivity index (χ0) is 18.1. The molecule has 3 aromatic rings. The van der Waals surface area contributed by atoms with Gasteiger partial charge in [0.15, 0.2) is 0 Å². The lowest BCUT2D eigenvalue weighted by Gasteiger charge is -2.09. The van der Waals surface area contributed by atoms with Crippen molar-refractivity contribution in [1.29, 1.82) is 0 Å². The second-order valence-electron chi connectivity index (χ2n) is 6.42. The number of amides is 1. The summed E-state index contributed by atoms with van der Waals surface area (Å²) in [6, 6.07) is 6.55. The molecule has 0 bridgehead atoms. The third-order valence-corrected chi connectivity index (χ3v) is 5.09. The van der Waals surface area contributed by atoms with Gasteiger partial charge < -0.3 is 15.1 Å². The summed E-state index contributed by atoms with van der Waals surface area (Å²) in [5.41, 5.74) is 1.24. The van der Waals surface area contributed by atoms with E-state index in [1.54, 1.807) is 30.6 Å². The van der Waals surface area contributed by atoms with Crippen molar-refractivity contribution in [2.45, 2.75) is 19.3 Å². The Morgan fingerprint density at radius 1 is 1.35 bits per heavy atom. The maximum absolute atomic E-state index is 14.3. The Hall–Kier alpha value is -2.16. The van der Waals surface area contributed by atoms with Crippen LogP contribution in [0.3, 0.4) is 0 Å². The van der Waals surface area contributed by atoms with Crippen LogP contribution in [0.2, 0.25) is 0 Å². The zero-order valence-corrected chi connectivity index (χ0v) is 16.0. The largest absolute Gasteiger partial charge is 0.448 e. The summed E-state index contributed by atoms with van der Waals surface area (Å²) in [5.74, 6) is 0.168. The maximum atomic E-state index is 14.3. The number of nitrogens with one attached hydrogen (secondary N) is 2. The molecule has 1 fully saturated rings. The Bertz CT molecular complexity index is 969. The van der Waals surface area contributed by atoms with Crippen LogP contribution in [-0.2, 0) is 0 Å². The number of pyridine rings is 1. The molecule has 1 saturated carbocycles. The predicted molar refractivity (Wildman–Crippen MR) is 106 cm³/mol. The molecule has 0 unspecified atom stereocenters. The van der Waals surface area contributed by atoms with Crippen molar-refractivity contribution in [2.75, 3.05) is 11.9 Å². The highest BCUT2D eigenvalue weighted by atomic mass is 127. The third kappa shape index (κ3) is 3.67. The van der Waals surface area contributed by atoms with Crippen LogP contribution in [0.1, 0.15) is 29.8 Å². The fraction of sp³-hybridized carbons (Fsp3) is 0.263. The van der Waals surface area contributed by atoms with Crippen LogP contribution in [0.5, 0.6) is 0 Å². The molecule has 1 aliphatic carbocycles. The molecule has 134 valence electrons. The van der Waals surface area contributed by atoms with Crippen molar-refractivity contribution in [1.82, 2.24) is 10.3 Å².